The van der Waals surface area contributed by atoms with Crippen LogP contribution < -0.4 is 5.73 Å². The standard InChI is InChI=1S/C13H21N/c1-11(14)9-10-13(2,3)12-7-5-4-6-8-12/h4-8,11H,9-10,14H2,1-3H3/t11-/m0/s1. The van der Waals surface area contributed by atoms with Gasteiger partial charge in [0.25, 0.3) is 0 Å². The fraction of sp³-hybridized carbons (Fsp3) is 0.538. The van der Waals surface area contributed by atoms with Crippen molar-refractivity contribution in [1.82, 2.24) is 0 Å². The summed E-state index contributed by atoms with van der Waals surface area (Å²) in [7, 11) is 0. The summed E-state index contributed by atoms with van der Waals surface area (Å²) in [5.74, 6) is 0. The zero-order valence-corrected chi connectivity index (χ0v) is 9.46. The third kappa shape index (κ3) is 3.15. The zero-order valence-electron chi connectivity index (χ0n) is 9.46. The molecule has 1 rings (SSSR count). The van der Waals surface area contributed by atoms with Gasteiger partial charge in [0.05, 0.1) is 0 Å². The van der Waals surface area contributed by atoms with Crippen LogP contribution in [0.2, 0.25) is 0 Å². The summed E-state index contributed by atoms with van der Waals surface area (Å²) in [5, 5.41) is 0. The van der Waals surface area contributed by atoms with Gasteiger partial charge in [0.15, 0.2) is 0 Å². The Labute approximate surface area is 87.3 Å². The Morgan fingerprint density at radius 2 is 1.79 bits per heavy atom. The highest BCUT2D eigenvalue weighted by atomic mass is 14.6. The van der Waals surface area contributed by atoms with Crippen molar-refractivity contribution in [2.24, 2.45) is 5.73 Å². The summed E-state index contributed by atoms with van der Waals surface area (Å²) in [6, 6.07) is 11.0. The molecule has 14 heavy (non-hydrogen) atoms. The molecule has 0 heterocycles. The van der Waals surface area contributed by atoms with Crippen LogP contribution in [-0.4, -0.2) is 6.04 Å². The fourth-order valence-electron chi connectivity index (χ4n) is 1.62. The molecule has 0 saturated heterocycles. The number of hydrogen-bond acceptors (Lipinski definition) is 1. The molecule has 0 bridgehead atoms. The minimum Gasteiger partial charge on any atom is -0.328 e. The lowest BCUT2D eigenvalue weighted by Crippen LogP contribution is -2.22. The van der Waals surface area contributed by atoms with Crippen LogP contribution in [-0.2, 0) is 5.41 Å². The summed E-state index contributed by atoms with van der Waals surface area (Å²) >= 11 is 0. The Balaban J connectivity index is 2.66. The van der Waals surface area contributed by atoms with Gasteiger partial charge in [-0.05, 0) is 30.7 Å². The summed E-state index contributed by atoms with van der Waals surface area (Å²) in [6.07, 6.45) is 2.23. The molecule has 0 radical (unpaired) electrons. The van der Waals surface area contributed by atoms with Crippen LogP contribution in [0, 0.1) is 0 Å². The third-order valence-corrected chi connectivity index (χ3v) is 2.78. The Morgan fingerprint density at radius 3 is 2.29 bits per heavy atom. The summed E-state index contributed by atoms with van der Waals surface area (Å²) < 4.78 is 0. The van der Waals surface area contributed by atoms with Crippen molar-refractivity contribution in [3.8, 4) is 0 Å². The van der Waals surface area contributed by atoms with Crippen LogP contribution in [0.15, 0.2) is 30.3 Å². The average Bonchev–Trinajstić information content (AvgIpc) is 2.16. The molecule has 78 valence electrons. The normalized spacial score (nSPS) is 14.0. The zero-order chi connectivity index (χ0) is 10.6. The molecule has 0 saturated carbocycles. The first-order chi connectivity index (χ1) is 6.52. The quantitative estimate of drug-likeness (QED) is 0.777. The topological polar surface area (TPSA) is 26.0 Å². The van der Waals surface area contributed by atoms with Gasteiger partial charge in [-0.1, -0.05) is 44.2 Å². The molecule has 0 aromatic heterocycles. The van der Waals surface area contributed by atoms with Gasteiger partial charge in [-0.2, -0.15) is 0 Å². The molecule has 2 N–H and O–H groups in total. The van der Waals surface area contributed by atoms with Gasteiger partial charge in [0.2, 0.25) is 0 Å². The van der Waals surface area contributed by atoms with E-state index in [9.17, 15) is 0 Å². The molecule has 1 aromatic carbocycles. The predicted octanol–water partition coefficient (Wildman–Crippen LogP) is 3.09. The Hall–Kier alpha value is -0.820. The lowest BCUT2D eigenvalue weighted by atomic mass is 9.80. The maximum Gasteiger partial charge on any atom is 0.00107 e. The van der Waals surface area contributed by atoms with Crippen LogP contribution in [0.4, 0.5) is 0 Å². The molecule has 1 heteroatoms. The van der Waals surface area contributed by atoms with E-state index in [4.69, 9.17) is 5.73 Å². The smallest absolute Gasteiger partial charge is 0.00107 e. The number of nitrogens with two attached hydrogens (primary N) is 1. The summed E-state index contributed by atoms with van der Waals surface area (Å²) in [6.45, 7) is 6.64. The molecule has 0 fully saturated rings. The molecule has 0 aliphatic carbocycles. The summed E-state index contributed by atoms with van der Waals surface area (Å²) in [5.41, 5.74) is 7.43. The van der Waals surface area contributed by atoms with E-state index in [1.165, 1.54) is 5.56 Å². The van der Waals surface area contributed by atoms with Crippen molar-refractivity contribution in [2.75, 3.05) is 0 Å². The second kappa shape index (κ2) is 4.61. The molecule has 1 aromatic rings. The van der Waals surface area contributed by atoms with Crippen molar-refractivity contribution in [2.45, 2.75) is 45.1 Å². The predicted molar refractivity (Wildman–Crippen MR) is 62.4 cm³/mol. The minimum absolute atomic E-state index is 0.245. The van der Waals surface area contributed by atoms with Crippen LogP contribution >= 0.6 is 0 Å². The molecule has 1 atom stereocenters. The molecule has 0 aliphatic rings. The first-order valence-electron chi connectivity index (χ1n) is 5.33. The average molecular weight is 191 g/mol. The fourth-order valence-corrected chi connectivity index (χ4v) is 1.62. The highest BCUT2D eigenvalue weighted by molar-refractivity contribution is 5.23. The van der Waals surface area contributed by atoms with E-state index >= 15 is 0 Å². The van der Waals surface area contributed by atoms with E-state index in [1.807, 2.05) is 0 Å². The van der Waals surface area contributed by atoms with E-state index in [2.05, 4.69) is 51.1 Å². The van der Waals surface area contributed by atoms with Crippen LogP contribution in [0.5, 0.6) is 0 Å². The summed E-state index contributed by atoms with van der Waals surface area (Å²) in [4.78, 5) is 0. The van der Waals surface area contributed by atoms with E-state index in [-0.39, 0.29) is 5.41 Å². The Bertz CT molecular complexity index is 262. The molecule has 0 spiro atoms. The van der Waals surface area contributed by atoms with Gasteiger partial charge in [-0.3, -0.25) is 0 Å². The van der Waals surface area contributed by atoms with E-state index in [0.29, 0.717) is 6.04 Å². The Morgan fingerprint density at radius 1 is 1.21 bits per heavy atom. The number of rotatable bonds is 4. The van der Waals surface area contributed by atoms with Gasteiger partial charge in [0.1, 0.15) is 0 Å². The second-order valence-corrected chi connectivity index (χ2v) is 4.77. The van der Waals surface area contributed by atoms with Crippen molar-refractivity contribution in [3.63, 3.8) is 0 Å². The largest absolute Gasteiger partial charge is 0.328 e. The van der Waals surface area contributed by atoms with Crippen LogP contribution in [0.1, 0.15) is 39.2 Å². The van der Waals surface area contributed by atoms with E-state index in [1.54, 1.807) is 0 Å². The van der Waals surface area contributed by atoms with Crippen LogP contribution in [0.25, 0.3) is 0 Å². The maximum atomic E-state index is 5.78. The first kappa shape index (κ1) is 11.3. The van der Waals surface area contributed by atoms with Gasteiger partial charge < -0.3 is 5.73 Å². The molecule has 0 amide bonds. The van der Waals surface area contributed by atoms with Crippen LogP contribution in [0.3, 0.4) is 0 Å². The van der Waals surface area contributed by atoms with Gasteiger partial charge >= 0.3 is 0 Å². The minimum atomic E-state index is 0.245. The molecule has 0 aliphatic heterocycles. The van der Waals surface area contributed by atoms with Gasteiger partial charge in [-0.25, -0.2) is 0 Å². The molecular weight excluding hydrogens is 170 g/mol. The number of hydrogen-bond donors (Lipinski definition) is 1. The monoisotopic (exact) mass is 191 g/mol. The molecule has 0 unspecified atom stereocenters. The first-order valence-corrected chi connectivity index (χ1v) is 5.33. The lowest BCUT2D eigenvalue weighted by molar-refractivity contribution is 0.438. The van der Waals surface area contributed by atoms with E-state index < -0.39 is 0 Å². The number of benzene rings is 1. The van der Waals surface area contributed by atoms with Crippen molar-refractivity contribution in [3.05, 3.63) is 35.9 Å². The van der Waals surface area contributed by atoms with Crippen molar-refractivity contribution >= 4 is 0 Å². The third-order valence-electron chi connectivity index (χ3n) is 2.78. The Kier molecular flexibility index (Phi) is 3.70. The van der Waals surface area contributed by atoms with Gasteiger partial charge in [-0.15, -0.1) is 0 Å². The maximum absolute atomic E-state index is 5.78. The van der Waals surface area contributed by atoms with Crippen molar-refractivity contribution < 1.29 is 0 Å². The van der Waals surface area contributed by atoms with Gasteiger partial charge in [0, 0.05) is 6.04 Å². The van der Waals surface area contributed by atoms with E-state index in [0.717, 1.165) is 12.8 Å². The highest BCUT2D eigenvalue weighted by Gasteiger charge is 2.19. The second-order valence-electron chi connectivity index (χ2n) is 4.77. The van der Waals surface area contributed by atoms with Crippen molar-refractivity contribution in [1.29, 1.82) is 0 Å². The SMILES string of the molecule is C[C@H](N)CCC(C)(C)c1ccccc1. The molecule has 1 nitrogen and oxygen atoms in total. The molecular formula is C13H21N. The highest BCUT2D eigenvalue weighted by Crippen LogP contribution is 2.28. The lowest BCUT2D eigenvalue weighted by Gasteiger charge is -2.26.